The van der Waals surface area contributed by atoms with Gasteiger partial charge in [0.1, 0.15) is 4.92 Å². The number of rotatable bonds is 3. The van der Waals surface area contributed by atoms with Crippen molar-refractivity contribution in [1.82, 2.24) is 10.1 Å². The summed E-state index contributed by atoms with van der Waals surface area (Å²) in [6.45, 7) is 0. The zero-order valence-electron chi connectivity index (χ0n) is 10.0. The first-order chi connectivity index (χ1) is 9.65. The summed E-state index contributed by atoms with van der Waals surface area (Å²) in [6, 6.07) is 9.65. The highest BCUT2D eigenvalue weighted by molar-refractivity contribution is 5.71. The molecule has 0 aliphatic heterocycles. The van der Waals surface area contributed by atoms with Crippen LogP contribution in [0.2, 0.25) is 0 Å². The highest BCUT2D eigenvalue weighted by Gasteiger charge is 2.19. The SMILES string of the molecule is Nc1ccccc1-c1noc(-c2ccc([N+](=O)[O-])o2)n1. The monoisotopic (exact) mass is 272 g/mol. The maximum atomic E-state index is 10.5. The number of benzene rings is 1. The molecule has 8 heteroatoms. The number of nitrogens with two attached hydrogens (primary N) is 1. The second-order valence-corrected chi connectivity index (χ2v) is 3.91. The third kappa shape index (κ3) is 1.99. The van der Waals surface area contributed by atoms with Crippen LogP contribution in [0.15, 0.2) is 45.3 Å². The number of nitrogen functional groups attached to an aromatic ring is 1. The van der Waals surface area contributed by atoms with E-state index in [1.54, 1.807) is 24.3 Å². The van der Waals surface area contributed by atoms with Crippen LogP contribution in [-0.2, 0) is 0 Å². The summed E-state index contributed by atoms with van der Waals surface area (Å²) in [5.74, 6) is 0.0810. The minimum Gasteiger partial charge on any atom is -0.398 e. The van der Waals surface area contributed by atoms with Crippen molar-refractivity contribution < 1.29 is 13.9 Å². The van der Waals surface area contributed by atoms with Crippen LogP contribution >= 0.6 is 0 Å². The minimum atomic E-state index is -0.643. The lowest BCUT2D eigenvalue weighted by atomic mass is 10.2. The molecular formula is C12H8N4O4. The first kappa shape index (κ1) is 11.9. The molecule has 8 nitrogen and oxygen atoms in total. The summed E-state index contributed by atoms with van der Waals surface area (Å²) >= 11 is 0. The van der Waals surface area contributed by atoms with E-state index in [1.165, 1.54) is 12.1 Å². The third-order valence-electron chi connectivity index (χ3n) is 2.61. The Labute approximate surface area is 112 Å². The summed E-state index contributed by atoms with van der Waals surface area (Å²) in [4.78, 5) is 14.0. The van der Waals surface area contributed by atoms with Crippen molar-refractivity contribution >= 4 is 11.6 Å². The van der Waals surface area contributed by atoms with E-state index in [0.717, 1.165) is 0 Å². The molecule has 2 N–H and O–H groups in total. The van der Waals surface area contributed by atoms with Crippen LogP contribution in [0, 0.1) is 10.1 Å². The number of nitrogens with zero attached hydrogens (tertiary/aromatic N) is 3. The fourth-order valence-electron chi connectivity index (χ4n) is 1.67. The van der Waals surface area contributed by atoms with Crippen LogP contribution < -0.4 is 5.73 Å². The molecule has 3 aromatic rings. The lowest BCUT2D eigenvalue weighted by Crippen LogP contribution is -1.90. The van der Waals surface area contributed by atoms with Crippen LogP contribution in [0.25, 0.3) is 23.0 Å². The molecule has 0 spiro atoms. The molecule has 0 radical (unpaired) electrons. The zero-order valence-corrected chi connectivity index (χ0v) is 10.0. The molecule has 20 heavy (non-hydrogen) atoms. The van der Waals surface area contributed by atoms with Gasteiger partial charge in [-0.1, -0.05) is 17.3 Å². The number of hydrogen-bond acceptors (Lipinski definition) is 7. The van der Waals surface area contributed by atoms with Crippen LogP contribution in [0.4, 0.5) is 11.6 Å². The molecule has 100 valence electrons. The van der Waals surface area contributed by atoms with E-state index >= 15 is 0 Å². The Morgan fingerprint density at radius 2 is 2.00 bits per heavy atom. The third-order valence-corrected chi connectivity index (χ3v) is 2.61. The lowest BCUT2D eigenvalue weighted by Gasteiger charge is -1.97. The van der Waals surface area contributed by atoms with Gasteiger partial charge in [-0.2, -0.15) is 4.98 Å². The Morgan fingerprint density at radius 1 is 1.20 bits per heavy atom. The Bertz CT molecular complexity index is 777. The van der Waals surface area contributed by atoms with E-state index in [1.807, 2.05) is 0 Å². The first-order valence-corrected chi connectivity index (χ1v) is 5.58. The van der Waals surface area contributed by atoms with Gasteiger partial charge in [0.2, 0.25) is 5.82 Å². The largest absolute Gasteiger partial charge is 0.433 e. The summed E-state index contributed by atoms with van der Waals surface area (Å²) in [5.41, 5.74) is 6.93. The molecule has 0 amide bonds. The molecule has 0 saturated carbocycles. The van der Waals surface area contributed by atoms with Crippen molar-refractivity contribution in [2.45, 2.75) is 0 Å². The van der Waals surface area contributed by atoms with Crippen LogP contribution in [0.5, 0.6) is 0 Å². The van der Waals surface area contributed by atoms with E-state index in [9.17, 15) is 10.1 Å². The van der Waals surface area contributed by atoms with Gasteiger partial charge in [0.25, 0.3) is 5.89 Å². The molecule has 3 rings (SSSR count). The van der Waals surface area contributed by atoms with Gasteiger partial charge in [-0.15, -0.1) is 0 Å². The maximum Gasteiger partial charge on any atom is 0.433 e. The number of para-hydroxylation sites is 1. The van der Waals surface area contributed by atoms with Crippen LogP contribution in [0.3, 0.4) is 0 Å². The van der Waals surface area contributed by atoms with Gasteiger partial charge < -0.3 is 14.7 Å². The molecule has 1 aromatic carbocycles. The van der Waals surface area contributed by atoms with Crippen molar-refractivity contribution in [2.75, 3.05) is 5.73 Å². The predicted octanol–water partition coefficient (Wildman–Crippen LogP) is 2.49. The molecule has 0 bridgehead atoms. The van der Waals surface area contributed by atoms with E-state index < -0.39 is 4.92 Å². The summed E-state index contributed by atoms with van der Waals surface area (Å²) in [6.07, 6.45) is 0. The number of nitro groups is 1. The van der Waals surface area contributed by atoms with Gasteiger partial charge in [0.15, 0.2) is 5.76 Å². The van der Waals surface area contributed by atoms with Crippen molar-refractivity contribution in [1.29, 1.82) is 0 Å². The van der Waals surface area contributed by atoms with E-state index in [-0.39, 0.29) is 23.4 Å². The summed E-state index contributed by atoms with van der Waals surface area (Å²) in [5, 5.41) is 14.3. The van der Waals surface area contributed by atoms with Crippen molar-refractivity contribution in [3.63, 3.8) is 0 Å². The van der Waals surface area contributed by atoms with Gasteiger partial charge in [-0.25, -0.2) is 0 Å². The molecule has 0 saturated heterocycles. The Balaban J connectivity index is 1.98. The van der Waals surface area contributed by atoms with E-state index in [2.05, 4.69) is 10.1 Å². The Hall–Kier alpha value is -3.16. The highest BCUT2D eigenvalue weighted by Crippen LogP contribution is 2.28. The number of aromatic nitrogens is 2. The van der Waals surface area contributed by atoms with Gasteiger partial charge in [-0.3, -0.25) is 10.1 Å². The summed E-state index contributed by atoms with van der Waals surface area (Å²) in [7, 11) is 0. The first-order valence-electron chi connectivity index (χ1n) is 5.58. The second kappa shape index (κ2) is 4.50. The van der Waals surface area contributed by atoms with Crippen molar-refractivity contribution in [3.05, 3.63) is 46.5 Å². The average Bonchev–Trinajstić information content (AvgIpc) is 3.08. The fraction of sp³-hybridized carbons (Fsp3) is 0. The van der Waals surface area contributed by atoms with Crippen LogP contribution in [-0.4, -0.2) is 15.1 Å². The quantitative estimate of drug-likeness (QED) is 0.441. The van der Waals surface area contributed by atoms with Gasteiger partial charge >= 0.3 is 5.88 Å². The fourth-order valence-corrected chi connectivity index (χ4v) is 1.67. The minimum absolute atomic E-state index is 0.0522. The Kier molecular flexibility index (Phi) is 2.68. The standard InChI is InChI=1S/C12H8N4O4/c13-8-4-2-1-3-7(8)11-14-12(20-15-11)9-5-6-10(19-9)16(17)18/h1-6H,13H2. The lowest BCUT2D eigenvalue weighted by molar-refractivity contribution is -0.401. The molecule has 0 fully saturated rings. The van der Waals surface area contributed by atoms with Gasteiger partial charge in [0, 0.05) is 11.3 Å². The molecule has 0 atom stereocenters. The molecular weight excluding hydrogens is 264 g/mol. The highest BCUT2D eigenvalue weighted by atomic mass is 16.6. The maximum absolute atomic E-state index is 10.5. The normalized spacial score (nSPS) is 10.6. The van der Waals surface area contributed by atoms with Crippen molar-refractivity contribution in [2.24, 2.45) is 0 Å². The molecule has 2 heterocycles. The zero-order chi connectivity index (χ0) is 14.1. The van der Waals surface area contributed by atoms with E-state index in [4.69, 9.17) is 14.7 Å². The van der Waals surface area contributed by atoms with Gasteiger partial charge in [0.05, 0.1) is 6.07 Å². The van der Waals surface area contributed by atoms with Crippen molar-refractivity contribution in [3.8, 4) is 23.0 Å². The van der Waals surface area contributed by atoms with Gasteiger partial charge in [-0.05, 0) is 18.2 Å². The number of anilines is 1. The number of hydrogen-bond donors (Lipinski definition) is 1. The molecule has 0 aliphatic carbocycles. The topological polar surface area (TPSA) is 121 Å². The molecule has 2 aromatic heterocycles. The number of furan rings is 1. The smallest absolute Gasteiger partial charge is 0.398 e. The predicted molar refractivity (Wildman–Crippen MR) is 68.5 cm³/mol. The summed E-state index contributed by atoms with van der Waals surface area (Å²) < 4.78 is 10.0. The second-order valence-electron chi connectivity index (χ2n) is 3.91. The Morgan fingerprint density at radius 3 is 2.70 bits per heavy atom. The van der Waals surface area contributed by atoms with Crippen LogP contribution in [0.1, 0.15) is 0 Å². The molecule has 0 aliphatic rings. The average molecular weight is 272 g/mol. The van der Waals surface area contributed by atoms with E-state index in [0.29, 0.717) is 11.3 Å². The molecule has 0 unspecified atom stereocenters.